The molecule has 1 aromatic rings. The average molecular weight is 267 g/mol. The monoisotopic (exact) mass is 267 g/mol. The molecule has 0 aromatic carbocycles. The molecular weight excluding hydrogens is 254 g/mol. The number of carbonyl (C=O) groups excluding carboxylic acids is 3. The third-order valence-corrected chi connectivity index (χ3v) is 3.64. The van der Waals surface area contributed by atoms with Crippen molar-refractivity contribution in [2.24, 2.45) is 5.73 Å². The van der Waals surface area contributed by atoms with Crippen molar-refractivity contribution >= 4 is 29.1 Å². The van der Waals surface area contributed by atoms with Gasteiger partial charge in [-0.25, -0.2) is 0 Å². The lowest BCUT2D eigenvalue weighted by molar-refractivity contribution is -0.134. The van der Waals surface area contributed by atoms with Gasteiger partial charge in [0.25, 0.3) is 5.91 Å². The number of nitrogens with one attached hydrogen (secondary N) is 2. The number of thiophene rings is 1. The standard InChI is InChI=1S/C11H13N3O3S/c12-4-6-3-8(18-5-6)11(17)13-7-1-2-9(15)14-10(7)16/h3,5,7H,1-2,4,12H2,(H,13,17)(H,14,15,16). The van der Waals surface area contributed by atoms with Crippen LogP contribution in [0.25, 0.3) is 0 Å². The van der Waals surface area contributed by atoms with E-state index in [2.05, 4.69) is 10.6 Å². The highest BCUT2D eigenvalue weighted by Gasteiger charge is 2.28. The van der Waals surface area contributed by atoms with Crippen LogP contribution in [0, 0.1) is 0 Å². The minimum atomic E-state index is -0.640. The summed E-state index contributed by atoms with van der Waals surface area (Å²) < 4.78 is 0. The number of hydrogen-bond donors (Lipinski definition) is 3. The Kier molecular flexibility index (Phi) is 3.73. The predicted molar refractivity (Wildman–Crippen MR) is 65.8 cm³/mol. The van der Waals surface area contributed by atoms with E-state index in [0.29, 0.717) is 17.8 Å². The van der Waals surface area contributed by atoms with E-state index in [1.807, 2.05) is 0 Å². The summed E-state index contributed by atoms with van der Waals surface area (Å²) in [6.07, 6.45) is 0.584. The molecule has 2 heterocycles. The largest absolute Gasteiger partial charge is 0.340 e. The molecule has 7 heteroatoms. The first-order valence-corrected chi connectivity index (χ1v) is 6.40. The summed E-state index contributed by atoms with van der Waals surface area (Å²) in [5.74, 6) is -1.06. The molecule has 0 saturated carbocycles. The Hall–Kier alpha value is -1.73. The Bertz CT molecular complexity index is 497. The molecule has 2 rings (SSSR count). The maximum atomic E-state index is 11.9. The van der Waals surface area contributed by atoms with Crippen molar-refractivity contribution in [1.29, 1.82) is 0 Å². The van der Waals surface area contributed by atoms with Crippen LogP contribution >= 0.6 is 11.3 Å². The summed E-state index contributed by atoms with van der Waals surface area (Å²) in [5.41, 5.74) is 6.34. The zero-order chi connectivity index (χ0) is 13.1. The van der Waals surface area contributed by atoms with Crippen LogP contribution in [-0.2, 0) is 16.1 Å². The van der Waals surface area contributed by atoms with E-state index in [9.17, 15) is 14.4 Å². The van der Waals surface area contributed by atoms with Gasteiger partial charge in [0.2, 0.25) is 11.8 Å². The fraction of sp³-hybridized carbons (Fsp3) is 0.364. The second-order valence-corrected chi connectivity index (χ2v) is 4.91. The Morgan fingerprint density at radius 3 is 2.94 bits per heavy atom. The van der Waals surface area contributed by atoms with Crippen LogP contribution in [0.15, 0.2) is 11.4 Å². The van der Waals surface area contributed by atoms with Gasteiger partial charge in [-0.1, -0.05) is 0 Å². The molecule has 0 aliphatic carbocycles. The van der Waals surface area contributed by atoms with Gasteiger partial charge in [0, 0.05) is 13.0 Å². The molecule has 0 radical (unpaired) electrons. The van der Waals surface area contributed by atoms with Gasteiger partial charge in [0.15, 0.2) is 0 Å². The Labute approximate surface area is 108 Å². The van der Waals surface area contributed by atoms with Crippen molar-refractivity contribution in [3.63, 3.8) is 0 Å². The quantitative estimate of drug-likeness (QED) is 0.657. The zero-order valence-corrected chi connectivity index (χ0v) is 10.4. The van der Waals surface area contributed by atoms with Crippen molar-refractivity contribution in [3.05, 3.63) is 21.9 Å². The SMILES string of the molecule is NCc1csc(C(=O)NC2CCC(=O)NC2=O)c1. The maximum absolute atomic E-state index is 11.9. The molecule has 1 saturated heterocycles. The van der Waals surface area contributed by atoms with Crippen LogP contribution < -0.4 is 16.4 Å². The summed E-state index contributed by atoms with van der Waals surface area (Å²) in [6, 6.07) is 1.06. The van der Waals surface area contributed by atoms with E-state index in [1.165, 1.54) is 11.3 Å². The van der Waals surface area contributed by atoms with Gasteiger partial charge in [0.05, 0.1) is 4.88 Å². The van der Waals surface area contributed by atoms with Crippen molar-refractivity contribution in [1.82, 2.24) is 10.6 Å². The van der Waals surface area contributed by atoms with Gasteiger partial charge < -0.3 is 11.1 Å². The van der Waals surface area contributed by atoms with Gasteiger partial charge in [-0.2, -0.15) is 0 Å². The van der Waals surface area contributed by atoms with E-state index >= 15 is 0 Å². The molecule has 4 N–H and O–H groups in total. The lowest BCUT2D eigenvalue weighted by Gasteiger charge is -2.21. The zero-order valence-electron chi connectivity index (χ0n) is 9.56. The number of piperidine rings is 1. The van der Waals surface area contributed by atoms with E-state index in [1.54, 1.807) is 11.4 Å². The highest BCUT2D eigenvalue weighted by Crippen LogP contribution is 2.15. The molecule has 1 aliphatic heterocycles. The molecule has 0 spiro atoms. The van der Waals surface area contributed by atoms with Gasteiger partial charge >= 0.3 is 0 Å². The molecule has 1 aliphatic rings. The second-order valence-electron chi connectivity index (χ2n) is 4.00. The third kappa shape index (κ3) is 2.74. The summed E-state index contributed by atoms with van der Waals surface area (Å²) in [7, 11) is 0. The molecule has 3 amide bonds. The third-order valence-electron chi connectivity index (χ3n) is 2.66. The van der Waals surface area contributed by atoms with Crippen molar-refractivity contribution < 1.29 is 14.4 Å². The summed E-state index contributed by atoms with van der Waals surface area (Å²) in [6.45, 7) is 0.377. The van der Waals surface area contributed by atoms with E-state index < -0.39 is 11.9 Å². The second kappa shape index (κ2) is 5.28. The predicted octanol–water partition coefficient (Wildman–Crippen LogP) is -0.258. The number of amides is 3. The maximum Gasteiger partial charge on any atom is 0.262 e. The lowest BCUT2D eigenvalue weighted by Crippen LogP contribution is -2.52. The van der Waals surface area contributed by atoms with Crippen LogP contribution in [0.1, 0.15) is 28.1 Å². The molecule has 18 heavy (non-hydrogen) atoms. The van der Waals surface area contributed by atoms with Crippen molar-refractivity contribution in [3.8, 4) is 0 Å². The Morgan fingerprint density at radius 2 is 2.33 bits per heavy atom. The molecule has 1 atom stereocenters. The minimum Gasteiger partial charge on any atom is -0.340 e. The first kappa shape index (κ1) is 12.7. The van der Waals surface area contributed by atoms with E-state index in [4.69, 9.17) is 5.73 Å². The van der Waals surface area contributed by atoms with Crippen LogP contribution in [0.3, 0.4) is 0 Å². The number of hydrogen-bond acceptors (Lipinski definition) is 5. The molecule has 6 nitrogen and oxygen atoms in total. The van der Waals surface area contributed by atoms with Crippen LogP contribution in [0.5, 0.6) is 0 Å². The molecule has 1 aromatic heterocycles. The Balaban J connectivity index is 1.99. The smallest absolute Gasteiger partial charge is 0.262 e. The van der Waals surface area contributed by atoms with Crippen LogP contribution in [0.2, 0.25) is 0 Å². The van der Waals surface area contributed by atoms with E-state index in [0.717, 1.165) is 5.56 Å². The highest BCUT2D eigenvalue weighted by molar-refractivity contribution is 7.12. The van der Waals surface area contributed by atoms with Crippen molar-refractivity contribution in [2.75, 3.05) is 0 Å². The number of nitrogens with two attached hydrogens (primary N) is 1. The minimum absolute atomic E-state index is 0.245. The molecule has 1 unspecified atom stereocenters. The Morgan fingerprint density at radius 1 is 1.56 bits per heavy atom. The first-order chi connectivity index (χ1) is 8.60. The number of rotatable bonds is 3. The first-order valence-electron chi connectivity index (χ1n) is 5.52. The molecule has 1 fully saturated rings. The highest BCUT2D eigenvalue weighted by atomic mass is 32.1. The van der Waals surface area contributed by atoms with Gasteiger partial charge in [0.1, 0.15) is 6.04 Å². The van der Waals surface area contributed by atoms with Gasteiger partial charge in [-0.05, 0) is 23.4 Å². The topological polar surface area (TPSA) is 101 Å². The lowest BCUT2D eigenvalue weighted by atomic mass is 10.1. The number of imide groups is 1. The molecule has 0 bridgehead atoms. The van der Waals surface area contributed by atoms with Gasteiger partial charge in [-0.3, -0.25) is 19.7 Å². The number of carbonyl (C=O) groups is 3. The fourth-order valence-electron chi connectivity index (χ4n) is 1.66. The average Bonchev–Trinajstić information content (AvgIpc) is 2.81. The summed E-state index contributed by atoms with van der Waals surface area (Å²) in [5, 5.41) is 6.61. The summed E-state index contributed by atoms with van der Waals surface area (Å²) in [4.78, 5) is 34.8. The fourth-order valence-corrected chi connectivity index (χ4v) is 2.49. The molecule has 96 valence electrons. The molecular formula is C11H13N3O3S. The van der Waals surface area contributed by atoms with Crippen molar-refractivity contribution in [2.45, 2.75) is 25.4 Å². The van der Waals surface area contributed by atoms with Crippen LogP contribution in [0.4, 0.5) is 0 Å². The van der Waals surface area contributed by atoms with E-state index in [-0.39, 0.29) is 18.2 Å². The summed E-state index contributed by atoms with van der Waals surface area (Å²) >= 11 is 1.28. The normalized spacial score (nSPS) is 19.5. The van der Waals surface area contributed by atoms with Gasteiger partial charge in [-0.15, -0.1) is 11.3 Å². The van der Waals surface area contributed by atoms with Crippen LogP contribution in [-0.4, -0.2) is 23.8 Å².